The zero-order valence-electron chi connectivity index (χ0n) is 15.9. The Morgan fingerprint density at radius 3 is 2.65 bits per heavy atom. The summed E-state index contributed by atoms with van der Waals surface area (Å²) in [4.78, 5) is 56.8. The molecule has 0 aliphatic carbocycles. The summed E-state index contributed by atoms with van der Waals surface area (Å²) in [7, 11) is -3.94. The molecule has 3 N–H and O–H groups in total. The van der Waals surface area contributed by atoms with E-state index in [1.165, 1.54) is 12.3 Å². The number of thiazole rings is 1. The molecule has 0 radical (unpaired) electrons. The molecule has 0 unspecified atom stereocenters. The second-order valence-corrected chi connectivity index (χ2v) is 8.02. The third-order valence-corrected chi connectivity index (χ3v) is 5.53. The Balaban J connectivity index is 2.25. The number of aromatic nitrogens is 1. The average molecular weight is 498 g/mol. The molecule has 31 heavy (non-hydrogen) atoms. The van der Waals surface area contributed by atoms with Crippen molar-refractivity contribution < 1.29 is 41.7 Å². The highest BCUT2D eigenvalue weighted by Gasteiger charge is 2.58. The molecule has 14 nitrogen and oxygen atoms in total. The maximum atomic E-state index is 12.7. The highest BCUT2D eigenvalue weighted by molar-refractivity contribution is 7.84. The zero-order valence-corrected chi connectivity index (χ0v) is 18.3. The SMILES string of the molecule is CCOC(=O)[C@H]1[C@@H](NC(=O)C(=NOC)c2csc(NC(=O)CCl)n2)C(=O)N1S(=O)(=O)O. The van der Waals surface area contributed by atoms with E-state index in [4.69, 9.17) is 16.3 Å². The molecule has 2 rings (SSSR count). The van der Waals surface area contributed by atoms with Crippen LogP contribution in [0.25, 0.3) is 0 Å². The Hall–Kier alpha value is -2.82. The average Bonchev–Trinajstić information content (AvgIpc) is 3.14. The molecule has 1 aromatic rings. The van der Waals surface area contributed by atoms with Gasteiger partial charge in [0.25, 0.3) is 11.8 Å². The summed E-state index contributed by atoms with van der Waals surface area (Å²) in [6.07, 6.45) is 0. The molecule has 1 aromatic heterocycles. The van der Waals surface area contributed by atoms with E-state index in [-0.39, 0.29) is 27.6 Å². The fourth-order valence-corrected chi connectivity index (χ4v) is 4.03. The molecule has 0 aromatic carbocycles. The highest BCUT2D eigenvalue weighted by Crippen LogP contribution is 2.25. The third kappa shape index (κ3) is 5.46. The van der Waals surface area contributed by atoms with Crippen LogP contribution in [0, 0.1) is 0 Å². The number of nitrogens with one attached hydrogen (secondary N) is 2. The van der Waals surface area contributed by atoms with Gasteiger partial charge in [-0.2, -0.15) is 12.7 Å². The number of esters is 1. The van der Waals surface area contributed by atoms with E-state index in [9.17, 15) is 32.1 Å². The minimum absolute atomic E-state index is 0.0553. The van der Waals surface area contributed by atoms with E-state index >= 15 is 0 Å². The lowest BCUT2D eigenvalue weighted by molar-refractivity contribution is -0.163. The maximum Gasteiger partial charge on any atom is 0.363 e. The van der Waals surface area contributed by atoms with Crippen LogP contribution in [0.4, 0.5) is 5.13 Å². The van der Waals surface area contributed by atoms with Gasteiger partial charge in [0.2, 0.25) is 5.91 Å². The molecule has 0 saturated carbocycles. The number of nitrogens with zero attached hydrogens (tertiary/aromatic N) is 3. The number of alkyl halides is 1. The van der Waals surface area contributed by atoms with Crippen LogP contribution in [0.15, 0.2) is 10.5 Å². The largest absolute Gasteiger partial charge is 0.464 e. The van der Waals surface area contributed by atoms with Crippen molar-refractivity contribution in [3.8, 4) is 0 Å². The number of halogens is 1. The summed E-state index contributed by atoms with van der Waals surface area (Å²) in [6, 6.07) is -3.48. The van der Waals surface area contributed by atoms with E-state index in [1.54, 1.807) is 0 Å². The van der Waals surface area contributed by atoms with Gasteiger partial charge in [0.05, 0.1) is 6.61 Å². The molecule has 1 aliphatic heterocycles. The number of carbonyl (C=O) groups is 4. The Morgan fingerprint density at radius 1 is 1.42 bits per heavy atom. The van der Waals surface area contributed by atoms with Crippen LogP contribution < -0.4 is 10.6 Å². The fraction of sp³-hybridized carbons (Fsp3) is 0.429. The van der Waals surface area contributed by atoms with Crippen LogP contribution in [-0.2, 0) is 39.1 Å². The van der Waals surface area contributed by atoms with Gasteiger partial charge in [0.15, 0.2) is 16.9 Å². The summed E-state index contributed by atoms with van der Waals surface area (Å²) in [6.45, 7) is 1.30. The minimum atomic E-state index is -5.07. The minimum Gasteiger partial charge on any atom is -0.464 e. The number of hydrogen-bond acceptors (Lipinski definition) is 11. The zero-order chi connectivity index (χ0) is 23.3. The monoisotopic (exact) mass is 497 g/mol. The van der Waals surface area contributed by atoms with E-state index in [2.05, 4.69) is 25.6 Å². The highest BCUT2D eigenvalue weighted by atomic mass is 35.5. The Labute approximate surface area is 184 Å². The van der Waals surface area contributed by atoms with E-state index in [0.29, 0.717) is 0 Å². The smallest absolute Gasteiger partial charge is 0.363 e. The second kappa shape index (κ2) is 9.99. The molecule has 170 valence electrons. The van der Waals surface area contributed by atoms with Gasteiger partial charge in [-0.1, -0.05) is 5.16 Å². The number of oxime groups is 1. The first-order valence-electron chi connectivity index (χ1n) is 8.26. The molecular weight excluding hydrogens is 482 g/mol. The molecule has 2 atom stereocenters. The van der Waals surface area contributed by atoms with Gasteiger partial charge in [0.1, 0.15) is 24.7 Å². The quantitative estimate of drug-likeness (QED) is 0.0924. The number of amides is 3. The number of hydrogen-bond donors (Lipinski definition) is 3. The molecule has 0 spiro atoms. The summed E-state index contributed by atoms with van der Waals surface area (Å²) < 4.78 is 36.6. The molecular formula is C14H16ClN5O9S2. The normalized spacial score (nSPS) is 18.8. The van der Waals surface area contributed by atoms with Crippen LogP contribution in [0.1, 0.15) is 12.6 Å². The van der Waals surface area contributed by atoms with Crippen molar-refractivity contribution >= 4 is 67.8 Å². The van der Waals surface area contributed by atoms with Gasteiger partial charge < -0.3 is 20.2 Å². The Bertz CT molecular complexity index is 1030. The molecule has 0 bridgehead atoms. The molecule has 2 heterocycles. The van der Waals surface area contributed by atoms with Crippen molar-refractivity contribution in [2.24, 2.45) is 5.16 Å². The van der Waals surface area contributed by atoms with Crippen LogP contribution in [-0.4, -0.2) is 83.3 Å². The lowest BCUT2D eigenvalue weighted by Gasteiger charge is -2.42. The molecule has 1 aliphatic rings. The van der Waals surface area contributed by atoms with Gasteiger partial charge in [-0.15, -0.1) is 22.9 Å². The van der Waals surface area contributed by atoms with Gasteiger partial charge >= 0.3 is 16.3 Å². The predicted octanol–water partition coefficient (Wildman–Crippen LogP) is -1.27. The van der Waals surface area contributed by atoms with Crippen LogP contribution in [0.3, 0.4) is 0 Å². The Kier molecular flexibility index (Phi) is 7.88. The van der Waals surface area contributed by atoms with Gasteiger partial charge in [-0.25, -0.2) is 9.78 Å². The van der Waals surface area contributed by atoms with Crippen molar-refractivity contribution in [3.05, 3.63) is 11.1 Å². The first-order chi connectivity index (χ1) is 14.5. The summed E-state index contributed by atoms with van der Waals surface area (Å²) in [5.41, 5.74) is -0.494. The van der Waals surface area contributed by atoms with Gasteiger partial charge in [-0.3, -0.25) is 18.9 Å². The molecule has 1 fully saturated rings. The lowest BCUT2D eigenvalue weighted by Crippen LogP contribution is -2.75. The Morgan fingerprint density at radius 2 is 2.10 bits per heavy atom. The maximum absolute atomic E-state index is 12.7. The van der Waals surface area contributed by atoms with E-state index < -0.39 is 51.8 Å². The molecule has 17 heteroatoms. The summed E-state index contributed by atoms with van der Waals surface area (Å²) in [5, 5.41) is 9.47. The van der Waals surface area contributed by atoms with Crippen molar-refractivity contribution in [2.45, 2.75) is 19.0 Å². The van der Waals surface area contributed by atoms with Crippen LogP contribution >= 0.6 is 22.9 Å². The lowest BCUT2D eigenvalue weighted by atomic mass is 9.98. The van der Waals surface area contributed by atoms with Crippen LogP contribution in [0.5, 0.6) is 0 Å². The number of carbonyl (C=O) groups excluding carboxylic acids is 4. The summed E-state index contributed by atoms with van der Waals surface area (Å²) >= 11 is 6.33. The van der Waals surface area contributed by atoms with Crippen molar-refractivity contribution in [1.29, 1.82) is 0 Å². The predicted molar refractivity (Wildman–Crippen MR) is 106 cm³/mol. The second-order valence-electron chi connectivity index (χ2n) is 5.60. The standard InChI is InChI=1S/C14H16ClN5O9S2/c1-3-29-13(24)10-9(12(23)20(10)31(25,26)27)18-11(22)8(19-28-2)6-5-30-14(16-6)17-7(21)4-15/h5,9-10H,3-4H2,1-2H3,(H,18,22)(H,16,17,21)(H,25,26,27)/t9-,10-/m1/s1. The fourth-order valence-electron chi connectivity index (χ4n) is 2.42. The first kappa shape index (κ1) is 24.4. The number of ether oxygens (including phenoxy) is 1. The van der Waals surface area contributed by atoms with Crippen molar-refractivity contribution in [3.63, 3.8) is 0 Å². The molecule has 1 saturated heterocycles. The number of β-lactam (4-membered cyclic amide) rings is 1. The van der Waals surface area contributed by atoms with E-state index in [1.807, 2.05) is 0 Å². The van der Waals surface area contributed by atoms with Crippen LogP contribution in [0.2, 0.25) is 0 Å². The molecule has 3 amide bonds. The van der Waals surface area contributed by atoms with Gasteiger partial charge in [-0.05, 0) is 6.92 Å². The van der Waals surface area contributed by atoms with Crippen molar-refractivity contribution in [2.75, 3.05) is 24.9 Å². The van der Waals surface area contributed by atoms with Gasteiger partial charge in [0, 0.05) is 5.38 Å². The van der Waals surface area contributed by atoms with Crippen molar-refractivity contribution in [1.82, 2.24) is 14.6 Å². The number of rotatable bonds is 9. The third-order valence-electron chi connectivity index (χ3n) is 3.63. The first-order valence-corrected chi connectivity index (χ1v) is 11.1. The van der Waals surface area contributed by atoms with E-state index in [0.717, 1.165) is 18.4 Å². The summed E-state index contributed by atoms with van der Waals surface area (Å²) in [5.74, 6) is -4.34. The number of anilines is 1. The topological polar surface area (TPSA) is 194 Å².